The largest absolute Gasteiger partial charge is 0.303 e. The summed E-state index contributed by atoms with van der Waals surface area (Å²) in [6.45, 7) is 2.46. The Bertz CT molecular complexity index is 138. The van der Waals surface area contributed by atoms with Gasteiger partial charge in [0.15, 0.2) is 0 Å². The van der Waals surface area contributed by atoms with E-state index in [0.717, 1.165) is 6.42 Å². The molecule has 3 nitrogen and oxygen atoms in total. The van der Waals surface area contributed by atoms with Gasteiger partial charge in [0.2, 0.25) is 0 Å². The normalized spacial score (nSPS) is 17.8. The highest BCUT2D eigenvalue weighted by Gasteiger charge is 1.89. The van der Waals surface area contributed by atoms with Crippen molar-refractivity contribution in [2.45, 2.75) is 13.3 Å². The minimum Gasteiger partial charge on any atom is -0.303 e. The van der Waals surface area contributed by atoms with Crippen LogP contribution in [0.25, 0.3) is 0 Å². The molecular formula is C4H11NO2S. The molecule has 50 valence electrons. The summed E-state index contributed by atoms with van der Waals surface area (Å²) in [7, 11) is -2.94. The van der Waals surface area contributed by atoms with Gasteiger partial charge in [0, 0.05) is 6.54 Å². The zero-order valence-electron chi connectivity index (χ0n) is 4.89. The van der Waals surface area contributed by atoms with Crippen LogP contribution in [0.5, 0.6) is 0 Å². The van der Waals surface area contributed by atoms with Gasteiger partial charge in [0.25, 0.3) is 0 Å². The maximum atomic E-state index is 10.3. The van der Waals surface area contributed by atoms with Gasteiger partial charge in [0.1, 0.15) is 9.99 Å². The molecule has 0 saturated carbocycles. The quantitative estimate of drug-likeness (QED) is 0.542. The van der Waals surface area contributed by atoms with Gasteiger partial charge in [-0.05, 0) is 12.3 Å². The highest BCUT2D eigenvalue weighted by atomic mass is 32.2. The molecule has 8 heavy (non-hydrogen) atoms. The van der Waals surface area contributed by atoms with Crippen LogP contribution >= 0.6 is 0 Å². The molecule has 0 aliphatic rings. The molecule has 0 saturated heterocycles. The van der Waals surface area contributed by atoms with E-state index >= 15 is 0 Å². The molecule has 0 spiro atoms. The van der Waals surface area contributed by atoms with Crippen LogP contribution in [0.15, 0.2) is 0 Å². The van der Waals surface area contributed by atoms with Crippen molar-refractivity contribution in [3.8, 4) is 0 Å². The van der Waals surface area contributed by atoms with E-state index in [1.807, 2.05) is 6.92 Å². The van der Waals surface area contributed by atoms with Crippen molar-refractivity contribution in [3.05, 3.63) is 0 Å². The van der Waals surface area contributed by atoms with Crippen molar-refractivity contribution in [2.24, 2.45) is 0 Å². The van der Waals surface area contributed by atoms with Crippen LogP contribution in [0.4, 0.5) is 0 Å². The molecule has 0 aromatic heterocycles. The molecule has 0 radical (unpaired) electrons. The van der Waals surface area contributed by atoms with Crippen LogP contribution in [0, 0.1) is 0 Å². The van der Waals surface area contributed by atoms with Gasteiger partial charge in [0.05, 0.1) is 0 Å². The first-order valence-corrected chi connectivity index (χ1v) is 4.09. The molecule has 0 rings (SSSR count). The molecule has 2 N–H and O–H groups in total. The molecule has 0 heterocycles. The minimum atomic E-state index is -2.94. The molecule has 0 aromatic carbocycles. The third-order valence-corrected chi connectivity index (χ3v) is 1.23. The Balaban J connectivity index is 3.42. The van der Waals surface area contributed by atoms with Gasteiger partial charge < -0.3 is 4.55 Å². The highest BCUT2D eigenvalue weighted by Crippen LogP contribution is 1.74. The smallest absolute Gasteiger partial charge is 0.138 e. The number of nitrogens with one attached hydrogen (secondary N) is 1. The molecule has 1 unspecified atom stereocenters. The molecule has 0 aliphatic heterocycles. The fraction of sp³-hybridized carbons (Fsp3) is 0.750. The van der Waals surface area contributed by atoms with Crippen molar-refractivity contribution < 1.29 is 8.76 Å². The number of hydrogen-bond acceptors (Lipinski definition) is 1. The van der Waals surface area contributed by atoms with Crippen LogP contribution in [-0.2, 0) is 9.99 Å². The molecule has 1 atom stereocenters. The summed E-state index contributed by atoms with van der Waals surface area (Å²) in [4.78, 5) is 0. The average molecular weight is 137 g/mol. The Morgan fingerprint density at radius 1 is 1.88 bits per heavy atom. The van der Waals surface area contributed by atoms with E-state index < -0.39 is 9.99 Å². The second-order valence-corrected chi connectivity index (χ2v) is 3.10. The maximum Gasteiger partial charge on any atom is 0.138 e. The van der Waals surface area contributed by atoms with Gasteiger partial charge in [-0.2, -0.15) is 0 Å². The maximum absolute atomic E-state index is 10.3. The van der Waals surface area contributed by atoms with Crippen LogP contribution in [0.1, 0.15) is 13.3 Å². The van der Waals surface area contributed by atoms with Crippen LogP contribution in [0.3, 0.4) is 0 Å². The van der Waals surface area contributed by atoms with E-state index in [9.17, 15) is 4.21 Å². The minimum absolute atomic E-state index is 0.541. The second-order valence-electron chi connectivity index (χ2n) is 1.53. The van der Waals surface area contributed by atoms with Gasteiger partial charge >= 0.3 is 0 Å². The van der Waals surface area contributed by atoms with E-state index in [2.05, 4.69) is 10.6 Å². The first-order valence-electron chi connectivity index (χ1n) is 2.40. The Hall–Kier alpha value is -0.0600. The fourth-order valence-corrected chi connectivity index (χ4v) is 0.785. The molecule has 0 bridgehead atoms. The van der Waals surface area contributed by atoms with Crippen molar-refractivity contribution in [1.29, 1.82) is 0 Å². The summed E-state index contributed by atoms with van der Waals surface area (Å²) < 4.78 is 21.1. The fourth-order valence-electron chi connectivity index (χ4n) is 0.262. The summed E-state index contributed by atoms with van der Waals surface area (Å²) in [5.41, 5.74) is 0. The van der Waals surface area contributed by atoms with E-state index in [0.29, 0.717) is 6.54 Å². The Kier molecular flexibility index (Phi) is 3.04. The Morgan fingerprint density at radius 3 is 2.50 bits per heavy atom. The zero-order valence-corrected chi connectivity index (χ0v) is 5.70. The van der Waals surface area contributed by atoms with E-state index in [1.165, 1.54) is 0 Å². The lowest BCUT2D eigenvalue weighted by molar-refractivity contribution is 0.544. The Labute approximate surface area is 50.1 Å². The van der Waals surface area contributed by atoms with Crippen molar-refractivity contribution in [3.63, 3.8) is 0 Å². The van der Waals surface area contributed by atoms with Crippen molar-refractivity contribution in [2.75, 3.05) is 6.54 Å². The highest BCUT2D eigenvalue weighted by molar-refractivity contribution is 7.93. The van der Waals surface area contributed by atoms with Crippen LogP contribution in [-0.4, -0.2) is 21.2 Å². The summed E-state index contributed by atoms with van der Waals surface area (Å²) in [6, 6.07) is 0. The summed E-state index contributed by atoms with van der Waals surface area (Å²) >= 11 is 0. The monoisotopic (exact) mass is 137 g/mol. The van der Waals surface area contributed by atoms with E-state index in [4.69, 9.17) is 4.55 Å². The van der Waals surface area contributed by atoms with Crippen molar-refractivity contribution >= 4 is 15.9 Å². The predicted octanol–water partition coefficient (Wildman–Crippen LogP) is 0.0904. The molecule has 0 fully saturated rings. The lowest BCUT2D eigenvalue weighted by Crippen LogP contribution is -2.22. The lowest BCUT2D eigenvalue weighted by Gasteiger charge is -1.99. The van der Waals surface area contributed by atoms with Gasteiger partial charge in [-0.15, -0.1) is 0 Å². The molecule has 0 aliphatic carbocycles. The van der Waals surface area contributed by atoms with Crippen LogP contribution in [0.2, 0.25) is 0 Å². The number of hydrogen-bond donors (Lipinski definition) is 2. The zero-order chi connectivity index (χ0) is 6.62. The predicted molar refractivity (Wildman–Crippen MR) is 36.2 cm³/mol. The van der Waals surface area contributed by atoms with Gasteiger partial charge in [-0.3, -0.25) is 0 Å². The molecular weight excluding hydrogens is 126 g/mol. The van der Waals surface area contributed by atoms with E-state index in [1.54, 1.807) is 0 Å². The first-order chi connectivity index (χ1) is 3.56. The van der Waals surface area contributed by atoms with E-state index in [-0.39, 0.29) is 0 Å². The van der Waals surface area contributed by atoms with Crippen LogP contribution < -0.4 is 4.72 Å². The van der Waals surface area contributed by atoms with Gasteiger partial charge in [-0.25, -0.2) is 8.93 Å². The average Bonchev–Trinajstić information content (AvgIpc) is 1.59. The molecule has 4 heteroatoms. The topological polar surface area (TPSA) is 49.3 Å². The molecule has 0 amide bonds. The van der Waals surface area contributed by atoms with Gasteiger partial charge in [-0.1, -0.05) is 6.92 Å². The summed E-state index contributed by atoms with van der Waals surface area (Å²) in [6.07, 6.45) is 0.840. The third kappa shape index (κ3) is 5.94. The third-order valence-electron chi connectivity index (χ3n) is 0.578. The van der Waals surface area contributed by atoms with Crippen molar-refractivity contribution in [1.82, 2.24) is 4.72 Å². The second kappa shape index (κ2) is 3.06. The molecule has 0 aromatic rings. The SMILES string of the molecule is C=S(=O)(O)NCCC. The lowest BCUT2D eigenvalue weighted by atomic mass is 10.5. The standard InChI is InChI=1S/C4H11NO2S/c1-3-4-5-8(2,6)7/h2-4H2,1H3,(H2,5,6,7). The summed E-state index contributed by atoms with van der Waals surface area (Å²) in [5, 5.41) is 0. The Morgan fingerprint density at radius 2 is 2.38 bits per heavy atom. The number of rotatable bonds is 3. The summed E-state index contributed by atoms with van der Waals surface area (Å²) in [5.74, 6) is 2.98. The first kappa shape index (κ1) is 7.94.